The summed E-state index contributed by atoms with van der Waals surface area (Å²) in [6.07, 6.45) is 10.3. The second-order valence-corrected chi connectivity index (χ2v) is 8.80. The summed E-state index contributed by atoms with van der Waals surface area (Å²) < 4.78 is 11.9. The Morgan fingerprint density at radius 2 is 2.08 bits per heavy atom. The van der Waals surface area contributed by atoms with Crippen LogP contribution in [0.4, 0.5) is 5.82 Å². The Morgan fingerprint density at radius 1 is 1.19 bits per heavy atom. The number of ether oxygens (including phenoxy) is 1. The lowest BCUT2D eigenvalue weighted by Crippen LogP contribution is -2.24. The van der Waals surface area contributed by atoms with Crippen LogP contribution < -0.4 is 10.1 Å². The van der Waals surface area contributed by atoms with Gasteiger partial charge < -0.3 is 19.4 Å². The van der Waals surface area contributed by atoms with Crippen molar-refractivity contribution < 1.29 is 18.7 Å². The van der Waals surface area contributed by atoms with Crippen molar-refractivity contribution >= 4 is 34.7 Å². The largest absolute Gasteiger partial charge is 0.459 e. The van der Waals surface area contributed by atoms with Crippen LogP contribution in [0, 0.1) is 6.92 Å². The topological polar surface area (TPSA) is 97.6 Å². The number of nitrogens with zero attached hydrogens (tertiary/aromatic N) is 3. The summed E-state index contributed by atoms with van der Waals surface area (Å²) in [6, 6.07) is 11.3. The number of hydrogen-bond acceptors (Lipinski definition) is 6. The molecular formula is C28H26N4O4. The Balaban J connectivity index is 1.27. The predicted octanol–water partition coefficient (Wildman–Crippen LogP) is 5.27. The van der Waals surface area contributed by atoms with E-state index in [1.165, 1.54) is 6.08 Å². The highest BCUT2D eigenvalue weighted by Crippen LogP contribution is 2.31. The monoisotopic (exact) mass is 482 g/mol. The average molecular weight is 483 g/mol. The van der Waals surface area contributed by atoms with Gasteiger partial charge in [0.15, 0.2) is 0 Å². The number of carbonyl (C=O) groups excluding carboxylic acids is 2. The highest BCUT2D eigenvalue weighted by molar-refractivity contribution is 5.93. The highest BCUT2D eigenvalue weighted by atomic mass is 16.5. The molecule has 36 heavy (non-hydrogen) atoms. The molecule has 2 amide bonds. The molecule has 0 fully saturated rings. The van der Waals surface area contributed by atoms with E-state index in [0.717, 1.165) is 46.3 Å². The third-order valence-corrected chi connectivity index (χ3v) is 6.15. The maximum absolute atomic E-state index is 12.8. The van der Waals surface area contributed by atoms with E-state index in [1.54, 1.807) is 36.6 Å². The van der Waals surface area contributed by atoms with E-state index in [2.05, 4.69) is 15.3 Å². The van der Waals surface area contributed by atoms with Crippen LogP contribution >= 0.6 is 0 Å². The second-order valence-electron chi connectivity index (χ2n) is 8.80. The SMILES string of the molecule is Cc1c(CN(C)C(=O)/C=C/c2cnc3c(c2)CCCC(=O)N3)oc2ccc(Oc3cccnc3)cc12. The summed E-state index contributed by atoms with van der Waals surface area (Å²) in [7, 11) is 1.74. The van der Waals surface area contributed by atoms with Crippen molar-refractivity contribution in [1.82, 2.24) is 14.9 Å². The van der Waals surface area contributed by atoms with E-state index in [1.807, 2.05) is 43.3 Å². The van der Waals surface area contributed by atoms with Gasteiger partial charge in [0.05, 0.1) is 12.7 Å². The zero-order chi connectivity index (χ0) is 25.1. The summed E-state index contributed by atoms with van der Waals surface area (Å²) >= 11 is 0. The first-order valence-corrected chi connectivity index (χ1v) is 11.8. The molecule has 0 saturated carbocycles. The minimum Gasteiger partial charge on any atom is -0.459 e. The number of amides is 2. The molecule has 0 atom stereocenters. The molecule has 1 N–H and O–H groups in total. The number of hydrogen-bond donors (Lipinski definition) is 1. The van der Waals surface area contributed by atoms with Crippen LogP contribution in [0.2, 0.25) is 0 Å². The standard InChI is InChI=1S/C28H26N4O4/c1-18-23-14-21(35-22-6-4-12-29-16-22)9-10-24(23)36-25(18)17-32(2)27(34)11-8-19-13-20-5-3-7-26(33)31-28(20)30-15-19/h4,6,8-16H,3,5,7,17H2,1-2H3,(H,30,31,33)/b11-8+. The molecular weight excluding hydrogens is 456 g/mol. The number of anilines is 1. The summed E-state index contributed by atoms with van der Waals surface area (Å²) in [4.78, 5) is 34.5. The molecule has 0 bridgehead atoms. The smallest absolute Gasteiger partial charge is 0.246 e. The highest BCUT2D eigenvalue weighted by Gasteiger charge is 2.16. The van der Waals surface area contributed by atoms with E-state index < -0.39 is 0 Å². The molecule has 8 nitrogen and oxygen atoms in total. The lowest BCUT2D eigenvalue weighted by atomic mass is 10.1. The molecule has 0 spiro atoms. The van der Waals surface area contributed by atoms with Gasteiger partial charge in [0.2, 0.25) is 11.8 Å². The average Bonchev–Trinajstić information content (AvgIpc) is 3.05. The molecule has 4 heterocycles. The second kappa shape index (κ2) is 10.0. The van der Waals surface area contributed by atoms with E-state index in [-0.39, 0.29) is 11.8 Å². The summed E-state index contributed by atoms with van der Waals surface area (Å²) in [5.41, 5.74) is 3.49. The summed E-state index contributed by atoms with van der Waals surface area (Å²) in [5.74, 6) is 2.50. The molecule has 182 valence electrons. The Morgan fingerprint density at radius 3 is 2.92 bits per heavy atom. The number of aromatic nitrogens is 2. The number of rotatable bonds is 6. The molecule has 3 aromatic heterocycles. The third kappa shape index (κ3) is 5.12. The number of pyridine rings is 2. The van der Waals surface area contributed by atoms with E-state index >= 15 is 0 Å². The first-order valence-electron chi connectivity index (χ1n) is 11.8. The van der Waals surface area contributed by atoms with E-state index in [0.29, 0.717) is 30.3 Å². The summed E-state index contributed by atoms with van der Waals surface area (Å²) in [6.45, 7) is 2.31. The molecule has 1 aromatic carbocycles. The van der Waals surface area contributed by atoms with Crippen LogP contribution in [0.25, 0.3) is 17.0 Å². The van der Waals surface area contributed by atoms with Gasteiger partial charge in [-0.1, -0.05) is 0 Å². The summed E-state index contributed by atoms with van der Waals surface area (Å²) in [5, 5.41) is 3.76. The maximum atomic E-state index is 12.8. The van der Waals surface area contributed by atoms with Crippen LogP contribution in [0.1, 0.15) is 35.3 Å². The zero-order valence-electron chi connectivity index (χ0n) is 20.2. The Labute approximate surface area is 208 Å². The van der Waals surface area contributed by atoms with Crippen LogP contribution in [0.3, 0.4) is 0 Å². The first-order chi connectivity index (χ1) is 17.5. The molecule has 0 aliphatic carbocycles. The van der Waals surface area contributed by atoms with Gasteiger partial charge in [0, 0.05) is 42.9 Å². The molecule has 0 radical (unpaired) electrons. The fourth-order valence-electron chi connectivity index (χ4n) is 4.15. The van der Waals surface area contributed by atoms with Crippen LogP contribution in [-0.4, -0.2) is 33.7 Å². The number of furan rings is 1. The fourth-order valence-corrected chi connectivity index (χ4v) is 4.15. The van der Waals surface area contributed by atoms with Crippen molar-refractivity contribution in [1.29, 1.82) is 0 Å². The molecule has 1 aliphatic rings. The predicted molar refractivity (Wildman–Crippen MR) is 137 cm³/mol. The Kier molecular flexibility index (Phi) is 6.49. The molecule has 5 rings (SSSR count). The van der Waals surface area contributed by atoms with Crippen LogP contribution in [0.15, 0.2) is 65.5 Å². The number of nitrogens with one attached hydrogen (secondary N) is 1. The molecule has 1 aliphatic heterocycles. The number of likely N-dealkylation sites (N-methyl/N-ethyl adjacent to an activating group) is 1. The van der Waals surface area contributed by atoms with E-state index in [9.17, 15) is 9.59 Å². The van der Waals surface area contributed by atoms with Gasteiger partial charge in [0.25, 0.3) is 0 Å². The third-order valence-electron chi connectivity index (χ3n) is 6.15. The minimum absolute atomic E-state index is 0.0144. The fraction of sp³-hybridized carbons (Fsp3) is 0.214. The Hall–Kier alpha value is -4.46. The van der Waals surface area contributed by atoms with Gasteiger partial charge in [-0.05, 0) is 73.4 Å². The van der Waals surface area contributed by atoms with Crippen molar-refractivity contribution in [2.75, 3.05) is 12.4 Å². The normalized spacial score (nSPS) is 13.3. The molecule has 8 heteroatoms. The van der Waals surface area contributed by atoms with Crippen molar-refractivity contribution in [2.45, 2.75) is 32.7 Å². The van der Waals surface area contributed by atoms with Crippen molar-refractivity contribution in [3.05, 3.63) is 83.5 Å². The maximum Gasteiger partial charge on any atom is 0.246 e. The number of benzene rings is 1. The lowest BCUT2D eigenvalue weighted by molar-refractivity contribution is -0.125. The quantitative estimate of drug-likeness (QED) is 0.376. The van der Waals surface area contributed by atoms with Gasteiger partial charge in [-0.25, -0.2) is 4.98 Å². The zero-order valence-corrected chi connectivity index (χ0v) is 20.2. The van der Waals surface area contributed by atoms with Gasteiger partial charge >= 0.3 is 0 Å². The first kappa shape index (κ1) is 23.3. The van der Waals surface area contributed by atoms with Gasteiger partial charge in [0.1, 0.15) is 28.7 Å². The molecule has 0 unspecified atom stereocenters. The van der Waals surface area contributed by atoms with Crippen LogP contribution in [0.5, 0.6) is 11.5 Å². The molecule has 4 aromatic rings. The van der Waals surface area contributed by atoms with Gasteiger partial charge in [-0.15, -0.1) is 0 Å². The lowest BCUT2D eigenvalue weighted by Gasteiger charge is -2.14. The van der Waals surface area contributed by atoms with Crippen molar-refractivity contribution in [3.8, 4) is 11.5 Å². The number of fused-ring (bicyclic) bond motifs is 2. The number of carbonyl (C=O) groups is 2. The van der Waals surface area contributed by atoms with Crippen molar-refractivity contribution in [2.24, 2.45) is 0 Å². The minimum atomic E-state index is -0.154. The molecule has 0 saturated heterocycles. The van der Waals surface area contributed by atoms with Crippen molar-refractivity contribution in [3.63, 3.8) is 0 Å². The van der Waals surface area contributed by atoms with Gasteiger partial charge in [-0.2, -0.15) is 0 Å². The van der Waals surface area contributed by atoms with Gasteiger partial charge in [-0.3, -0.25) is 14.6 Å². The van der Waals surface area contributed by atoms with E-state index in [4.69, 9.17) is 9.15 Å². The Bertz CT molecular complexity index is 1460. The van der Waals surface area contributed by atoms with Crippen LogP contribution in [-0.2, 0) is 22.6 Å². The number of aryl methyl sites for hydroxylation is 2.